The van der Waals surface area contributed by atoms with Crippen LogP contribution in [0.3, 0.4) is 0 Å². The molecule has 1 saturated carbocycles. The van der Waals surface area contributed by atoms with Gasteiger partial charge in [0.2, 0.25) is 5.91 Å². The predicted octanol–water partition coefficient (Wildman–Crippen LogP) is 1.89. The largest absolute Gasteiger partial charge is 0.395 e. The van der Waals surface area contributed by atoms with E-state index in [9.17, 15) is 9.90 Å². The van der Waals surface area contributed by atoms with Gasteiger partial charge in [0.1, 0.15) is 0 Å². The van der Waals surface area contributed by atoms with Gasteiger partial charge in [-0.05, 0) is 55.4 Å². The van der Waals surface area contributed by atoms with Crippen molar-refractivity contribution in [2.24, 2.45) is 5.41 Å². The lowest BCUT2D eigenvalue weighted by atomic mass is 10.1. The quantitative estimate of drug-likeness (QED) is 0.834. The molecule has 0 atom stereocenters. The van der Waals surface area contributed by atoms with Crippen molar-refractivity contribution in [3.05, 3.63) is 29.3 Å². The van der Waals surface area contributed by atoms with E-state index in [4.69, 9.17) is 0 Å². The van der Waals surface area contributed by atoms with Crippen molar-refractivity contribution < 1.29 is 9.90 Å². The minimum Gasteiger partial charge on any atom is -0.395 e. The van der Waals surface area contributed by atoms with E-state index >= 15 is 0 Å². The normalized spacial score (nSPS) is 19.8. The number of carbonyl (C=O) groups excluding carboxylic acids is 1. The number of amides is 1. The van der Waals surface area contributed by atoms with Crippen LogP contribution >= 0.6 is 0 Å². The first-order valence-corrected chi connectivity index (χ1v) is 6.28. The third-order valence-corrected chi connectivity index (χ3v) is 3.99. The number of hydrogen-bond donors (Lipinski definition) is 2. The summed E-state index contributed by atoms with van der Waals surface area (Å²) in [4.78, 5) is 12.0. The zero-order valence-corrected chi connectivity index (χ0v) is 9.83. The highest BCUT2D eigenvalue weighted by Gasteiger charge is 2.49. The van der Waals surface area contributed by atoms with Crippen molar-refractivity contribution >= 4 is 11.6 Å². The van der Waals surface area contributed by atoms with Crippen LogP contribution in [0.25, 0.3) is 0 Å². The lowest BCUT2D eigenvalue weighted by Gasteiger charge is -2.13. The Labute approximate surface area is 101 Å². The zero-order chi connectivity index (χ0) is 11.9. The highest BCUT2D eigenvalue weighted by Crippen LogP contribution is 2.46. The lowest BCUT2D eigenvalue weighted by Crippen LogP contribution is -2.27. The van der Waals surface area contributed by atoms with Crippen molar-refractivity contribution in [1.29, 1.82) is 0 Å². The molecule has 0 aromatic heterocycles. The van der Waals surface area contributed by atoms with Crippen LogP contribution in [0.2, 0.25) is 0 Å². The van der Waals surface area contributed by atoms with Crippen molar-refractivity contribution in [1.82, 2.24) is 0 Å². The van der Waals surface area contributed by atoms with E-state index in [2.05, 4.69) is 17.4 Å². The molecule has 1 aromatic rings. The Morgan fingerprint density at radius 2 is 2.06 bits per heavy atom. The van der Waals surface area contributed by atoms with Gasteiger partial charge in [0, 0.05) is 5.69 Å². The second-order valence-electron chi connectivity index (χ2n) is 5.23. The fourth-order valence-corrected chi connectivity index (χ4v) is 2.52. The molecule has 3 rings (SSSR count). The van der Waals surface area contributed by atoms with Crippen LogP contribution in [-0.4, -0.2) is 17.6 Å². The number of aryl methyl sites for hydroxylation is 2. The van der Waals surface area contributed by atoms with E-state index in [0.717, 1.165) is 31.4 Å². The van der Waals surface area contributed by atoms with Crippen LogP contribution in [0.5, 0.6) is 0 Å². The molecule has 1 amide bonds. The number of nitrogens with one attached hydrogen (secondary N) is 1. The highest BCUT2D eigenvalue weighted by molar-refractivity contribution is 5.97. The van der Waals surface area contributed by atoms with E-state index in [1.165, 1.54) is 17.5 Å². The first-order valence-electron chi connectivity index (χ1n) is 6.28. The summed E-state index contributed by atoms with van der Waals surface area (Å²) in [7, 11) is 0. The van der Waals surface area contributed by atoms with Gasteiger partial charge in [-0.25, -0.2) is 0 Å². The van der Waals surface area contributed by atoms with Gasteiger partial charge in [-0.2, -0.15) is 0 Å². The van der Waals surface area contributed by atoms with Gasteiger partial charge < -0.3 is 10.4 Å². The van der Waals surface area contributed by atoms with E-state index in [1.807, 2.05) is 6.07 Å². The van der Waals surface area contributed by atoms with E-state index in [-0.39, 0.29) is 12.5 Å². The van der Waals surface area contributed by atoms with Crippen molar-refractivity contribution in [3.8, 4) is 0 Å². The molecule has 90 valence electrons. The molecule has 3 nitrogen and oxygen atoms in total. The van der Waals surface area contributed by atoms with Crippen LogP contribution in [0.1, 0.15) is 30.4 Å². The molecule has 0 unspecified atom stereocenters. The molecule has 0 aliphatic heterocycles. The SMILES string of the molecule is O=C(Nc1ccc2c(c1)CCC2)C1(CO)CC1. The van der Waals surface area contributed by atoms with Gasteiger partial charge in [-0.1, -0.05) is 6.07 Å². The summed E-state index contributed by atoms with van der Waals surface area (Å²) in [6.07, 6.45) is 5.10. The molecule has 3 heteroatoms. The van der Waals surface area contributed by atoms with Gasteiger partial charge >= 0.3 is 0 Å². The molecular weight excluding hydrogens is 214 g/mol. The van der Waals surface area contributed by atoms with Crippen LogP contribution < -0.4 is 5.32 Å². The number of hydrogen-bond acceptors (Lipinski definition) is 2. The maximum absolute atomic E-state index is 12.0. The van der Waals surface area contributed by atoms with Crippen LogP contribution in [0, 0.1) is 5.41 Å². The van der Waals surface area contributed by atoms with Crippen LogP contribution in [0.4, 0.5) is 5.69 Å². The molecule has 0 saturated heterocycles. The molecule has 2 aliphatic rings. The first kappa shape index (κ1) is 10.8. The Bertz CT molecular complexity index is 463. The Morgan fingerprint density at radius 1 is 1.29 bits per heavy atom. The zero-order valence-electron chi connectivity index (χ0n) is 9.83. The average Bonchev–Trinajstić information content (AvgIpc) is 3.01. The van der Waals surface area contributed by atoms with Crippen molar-refractivity contribution in [3.63, 3.8) is 0 Å². The lowest BCUT2D eigenvalue weighted by molar-refractivity contribution is -0.122. The van der Waals surface area contributed by atoms with Crippen LogP contribution in [-0.2, 0) is 17.6 Å². The molecule has 0 heterocycles. The molecule has 1 fully saturated rings. The van der Waals surface area contributed by atoms with E-state index < -0.39 is 5.41 Å². The summed E-state index contributed by atoms with van der Waals surface area (Å²) in [6.45, 7) is -0.0379. The molecule has 0 spiro atoms. The van der Waals surface area contributed by atoms with Gasteiger partial charge in [-0.15, -0.1) is 0 Å². The van der Waals surface area contributed by atoms with Crippen LogP contribution in [0.15, 0.2) is 18.2 Å². The summed E-state index contributed by atoms with van der Waals surface area (Å²) in [5, 5.41) is 12.1. The molecule has 2 N–H and O–H groups in total. The van der Waals surface area contributed by atoms with Gasteiger partial charge in [0.15, 0.2) is 0 Å². The highest BCUT2D eigenvalue weighted by atomic mass is 16.3. The van der Waals surface area contributed by atoms with Gasteiger partial charge in [0.05, 0.1) is 12.0 Å². The van der Waals surface area contributed by atoms with Crippen molar-refractivity contribution in [2.75, 3.05) is 11.9 Å². The Morgan fingerprint density at radius 3 is 2.76 bits per heavy atom. The van der Waals surface area contributed by atoms with E-state index in [0.29, 0.717) is 0 Å². The fourth-order valence-electron chi connectivity index (χ4n) is 2.52. The molecule has 17 heavy (non-hydrogen) atoms. The molecule has 1 aromatic carbocycles. The minimum atomic E-state index is -0.487. The molecule has 2 aliphatic carbocycles. The second kappa shape index (κ2) is 3.84. The fraction of sp³-hybridized carbons (Fsp3) is 0.500. The Hall–Kier alpha value is -1.35. The number of fused-ring (bicyclic) bond motifs is 1. The second-order valence-corrected chi connectivity index (χ2v) is 5.23. The summed E-state index contributed by atoms with van der Waals surface area (Å²) in [5.74, 6) is -0.0297. The number of aliphatic hydroxyl groups excluding tert-OH is 1. The molecular formula is C14H17NO2. The maximum atomic E-state index is 12.0. The smallest absolute Gasteiger partial charge is 0.232 e. The van der Waals surface area contributed by atoms with E-state index in [1.54, 1.807) is 0 Å². The van der Waals surface area contributed by atoms with Gasteiger partial charge in [-0.3, -0.25) is 4.79 Å². The van der Waals surface area contributed by atoms with Crippen molar-refractivity contribution in [2.45, 2.75) is 32.1 Å². The summed E-state index contributed by atoms with van der Waals surface area (Å²) in [6, 6.07) is 6.15. The number of rotatable bonds is 3. The topological polar surface area (TPSA) is 49.3 Å². The molecule has 0 bridgehead atoms. The standard InChI is InChI=1S/C14H17NO2/c16-9-14(6-7-14)13(17)15-12-5-4-10-2-1-3-11(10)8-12/h4-5,8,16H,1-3,6-7,9H2,(H,15,17). The number of anilines is 1. The first-order chi connectivity index (χ1) is 8.23. The third kappa shape index (κ3) is 1.84. The summed E-state index contributed by atoms with van der Waals surface area (Å²) in [5.41, 5.74) is 3.15. The number of carbonyl (C=O) groups is 1. The Balaban J connectivity index is 1.75. The summed E-state index contributed by atoms with van der Waals surface area (Å²) >= 11 is 0. The summed E-state index contributed by atoms with van der Waals surface area (Å²) < 4.78 is 0. The monoisotopic (exact) mass is 231 g/mol. The predicted molar refractivity (Wildman–Crippen MR) is 65.8 cm³/mol. The number of benzene rings is 1. The third-order valence-electron chi connectivity index (χ3n) is 3.99. The minimum absolute atomic E-state index is 0.0297. The maximum Gasteiger partial charge on any atom is 0.232 e. The average molecular weight is 231 g/mol. The molecule has 0 radical (unpaired) electrons. The number of aliphatic hydroxyl groups is 1. The Kier molecular flexibility index (Phi) is 2.44. The van der Waals surface area contributed by atoms with Gasteiger partial charge in [0.25, 0.3) is 0 Å².